The molecule has 0 amide bonds. The molecule has 1 aliphatic heterocycles. The zero-order valence-corrected chi connectivity index (χ0v) is 21.4. The number of ether oxygens (including phenoxy) is 4. The fourth-order valence-electron chi connectivity index (χ4n) is 3.82. The molecule has 7 nitrogen and oxygen atoms in total. The quantitative estimate of drug-likeness (QED) is 0.130. The fourth-order valence-corrected chi connectivity index (χ4v) is 3.82. The van der Waals surface area contributed by atoms with Crippen molar-refractivity contribution >= 4 is 23.9 Å². The Kier molecular flexibility index (Phi) is 10.5. The van der Waals surface area contributed by atoms with E-state index in [1.807, 2.05) is 24.3 Å². The van der Waals surface area contributed by atoms with Crippen molar-refractivity contribution in [1.82, 2.24) is 0 Å². The topological polar surface area (TPSA) is 83.4 Å². The van der Waals surface area contributed by atoms with Gasteiger partial charge in [-0.15, -0.1) is 0 Å². The van der Waals surface area contributed by atoms with Gasteiger partial charge in [-0.2, -0.15) is 0 Å². The highest BCUT2D eigenvalue weighted by Gasteiger charge is 2.24. The number of carbonyl (C=O) groups excluding carboxylic acids is 2. The molecular formula is C29H35NO6. The Bertz CT molecular complexity index is 1090. The minimum atomic E-state index is -0.539. The van der Waals surface area contributed by atoms with Crippen molar-refractivity contribution in [1.29, 1.82) is 0 Å². The zero-order chi connectivity index (χ0) is 25.8. The average molecular weight is 494 g/mol. The minimum Gasteiger partial charge on any atom is -0.494 e. The Morgan fingerprint density at radius 2 is 1.64 bits per heavy atom. The maximum atomic E-state index is 12.4. The molecule has 0 aromatic heterocycles. The summed E-state index contributed by atoms with van der Waals surface area (Å²) in [6, 6.07) is 12.3. The lowest BCUT2D eigenvalue weighted by atomic mass is 10.1. The number of rotatable bonds is 14. The molecule has 0 fully saturated rings. The van der Waals surface area contributed by atoms with E-state index in [4.69, 9.17) is 18.9 Å². The molecular weight excluding hydrogens is 458 g/mol. The molecule has 0 saturated carbocycles. The molecule has 2 aromatic rings. The van der Waals surface area contributed by atoms with Gasteiger partial charge in [0.15, 0.2) is 17.2 Å². The van der Waals surface area contributed by atoms with Crippen LogP contribution in [0.3, 0.4) is 0 Å². The number of aliphatic imine (C=N–C) groups is 1. The number of hydrogen-bond acceptors (Lipinski definition) is 7. The van der Waals surface area contributed by atoms with Crippen molar-refractivity contribution in [3.8, 4) is 17.2 Å². The molecule has 0 unspecified atom stereocenters. The van der Waals surface area contributed by atoms with E-state index >= 15 is 0 Å². The van der Waals surface area contributed by atoms with Gasteiger partial charge in [-0.1, -0.05) is 57.9 Å². The summed E-state index contributed by atoms with van der Waals surface area (Å²) in [4.78, 5) is 27.9. The Morgan fingerprint density at radius 1 is 0.944 bits per heavy atom. The number of cyclic esters (lactones) is 1. The van der Waals surface area contributed by atoms with Crippen LogP contribution in [-0.2, 0) is 14.3 Å². The van der Waals surface area contributed by atoms with Gasteiger partial charge in [0.2, 0.25) is 5.90 Å². The third kappa shape index (κ3) is 8.26. The number of nitrogens with zero attached hydrogens (tertiary/aromatic N) is 1. The second-order valence-electron chi connectivity index (χ2n) is 8.69. The van der Waals surface area contributed by atoms with Crippen LogP contribution in [0.15, 0.2) is 53.2 Å². The summed E-state index contributed by atoms with van der Waals surface area (Å²) < 4.78 is 21.6. The third-order valence-corrected chi connectivity index (χ3v) is 5.73. The minimum absolute atomic E-state index is 0.169. The van der Waals surface area contributed by atoms with Crippen LogP contribution in [0.2, 0.25) is 0 Å². The summed E-state index contributed by atoms with van der Waals surface area (Å²) in [6.07, 6.45) is 11.7. The van der Waals surface area contributed by atoms with Crippen LogP contribution in [-0.4, -0.2) is 31.6 Å². The van der Waals surface area contributed by atoms with Crippen molar-refractivity contribution < 1.29 is 28.5 Å². The van der Waals surface area contributed by atoms with Gasteiger partial charge in [0.25, 0.3) is 0 Å². The van der Waals surface area contributed by atoms with Gasteiger partial charge >= 0.3 is 11.9 Å². The molecule has 36 heavy (non-hydrogen) atoms. The maximum absolute atomic E-state index is 12.4. The number of methoxy groups -OCH3 is 1. The second-order valence-corrected chi connectivity index (χ2v) is 8.69. The first-order valence-corrected chi connectivity index (χ1v) is 12.6. The predicted molar refractivity (Wildman–Crippen MR) is 139 cm³/mol. The molecule has 2 aromatic carbocycles. The van der Waals surface area contributed by atoms with Crippen LogP contribution in [0.4, 0.5) is 0 Å². The summed E-state index contributed by atoms with van der Waals surface area (Å²) in [5.41, 5.74) is 1.51. The van der Waals surface area contributed by atoms with Crippen molar-refractivity contribution in [2.24, 2.45) is 4.99 Å². The van der Waals surface area contributed by atoms with Crippen LogP contribution in [0.5, 0.6) is 17.2 Å². The van der Waals surface area contributed by atoms with E-state index in [2.05, 4.69) is 11.9 Å². The molecule has 7 heteroatoms. The Labute approximate surface area is 213 Å². The fraction of sp³-hybridized carbons (Fsp3) is 0.414. The molecule has 192 valence electrons. The standard InChI is InChI=1S/C29H35NO6/c1-4-5-6-7-8-9-10-11-18-34-24-15-13-23(14-16-24)28-30-25(29(32)36-28)19-22-12-17-26(35-21(2)31)27(20-22)33-3/h12-17,19-20H,4-11,18H2,1-3H3. The first kappa shape index (κ1) is 27.0. The van der Waals surface area contributed by atoms with Crippen LogP contribution >= 0.6 is 0 Å². The van der Waals surface area contributed by atoms with Gasteiger partial charge < -0.3 is 18.9 Å². The third-order valence-electron chi connectivity index (χ3n) is 5.73. The number of hydrogen-bond donors (Lipinski definition) is 0. The summed E-state index contributed by atoms with van der Waals surface area (Å²) in [6.45, 7) is 4.24. The van der Waals surface area contributed by atoms with Gasteiger partial charge in [0, 0.05) is 12.5 Å². The number of unbranched alkanes of at least 4 members (excludes halogenated alkanes) is 7. The van der Waals surface area contributed by atoms with Crippen molar-refractivity contribution in [2.75, 3.05) is 13.7 Å². The highest BCUT2D eigenvalue weighted by molar-refractivity contribution is 6.12. The van der Waals surface area contributed by atoms with E-state index in [0.29, 0.717) is 29.2 Å². The monoisotopic (exact) mass is 493 g/mol. The lowest BCUT2D eigenvalue weighted by molar-refractivity contribution is -0.132. The van der Waals surface area contributed by atoms with Gasteiger partial charge in [-0.05, 0) is 54.5 Å². The highest BCUT2D eigenvalue weighted by Crippen LogP contribution is 2.30. The van der Waals surface area contributed by atoms with Crippen LogP contribution in [0.25, 0.3) is 6.08 Å². The largest absolute Gasteiger partial charge is 0.494 e. The van der Waals surface area contributed by atoms with Crippen molar-refractivity contribution in [2.45, 2.75) is 65.2 Å². The van der Waals surface area contributed by atoms with Crippen LogP contribution in [0.1, 0.15) is 76.3 Å². The molecule has 0 saturated heterocycles. The molecule has 1 aliphatic rings. The predicted octanol–water partition coefficient (Wildman–Crippen LogP) is 6.48. The van der Waals surface area contributed by atoms with E-state index < -0.39 is 11.9 Å². The number of benzene rings is 2. The first-order chi connectivity index (χ1) is 17.5. The summed E-state index contributed by atoms with van der Waals surface area (Å²) in [7, 11) is 1.47. The summed E-state index contributed by atoms with van der Waals surface area (Å²) in [5, 5.41) is 0. The summed E-state index contributed by atoms with van der Waals surface area (Å²) >= 11 is 0. The SMILES string of the molecule is CCCCCCCCCCOc1ccc(C2=NC(=Cc3ccc(OC(C)=O)c(OC)c3)C(=O)O2)cc1. The molecule has 0 aliphatic carbocycles. The second kappa shape index (κ2) is 14.1. The maximum Gasteiger partial charge on any atom is 0.363 e. The van der Waals surface area contributed by atoms with Crippen LogP contribution in [0, 0.1) is 0 Å². The Hall–Kier alpha value is -3.61. The van der Waals surface area contributed by atoms with E-state index in [1.54, 1.807) is 24.3 Å². The van der Waals surface area contributed by atoms with E-state index in [0.717, 1.165) is 12.2 Å². The van der Waals surface area contributed by atoms with Gasteiger partial charge in [0.1, 0.15) is 5.75 Å². The number of esters is 2. The van der Waals surface area contributed by atoms with Crippen molar-refractivity contribution in [3.63, 3.8) is 0 Å². The normalized spacial score (nSPS) is 13.9. The number of carbonyl (C=O) groups is 2. The molecule has 0 bridgehead atoms. The van der Waals surface area contributed by atoms with Gasteiger partial charge in [-0.25, -0.2) is 9.79 Å². The molecule has 0 spiro atoms. The first-order valence-electron chi connectivity index (χ1n) is 12.6. The lowest BCUT2D eigenvalue weighted by Crippen LogP contribution is -2.05. The zero-order valence-electron chi connectivity index (χ0n) is 21.4. The van der Waals surface area contributed by atoms with E-state index in [-0.39, 0.29) is 11.6 Å². The smallest absolute Gasteiger partial charge is 0.363 e. The molecule has 0 radical (unpaired) electrons. The Balaban J connectivity index is 1.53. The van der Waals surface area contributed by atoms with Crippen molar-refractivity contribution in [3.05, 3.63) is 59.3 Å². The lowest BCUT2D eigenvalue weighted by Gasteiger charge is -2.08. The van der Waals surface area contributed by atoms with E-state index in [1.165, 1.54) is 59.0 Å². The average Bonchev–Trinajstić information content (AvgIpc) is 3.23. The molecule has 3 rings (SSSR count). The molecule has 1 heterocycles. The van der Waals surface area contributed by atoms with E-state index in [9.17, 15) is 9.59 Å². The molecule has 0 atom stereocenters. The summed E-state index contributed by atoms with van der Waals surface area (Å²) in [5.74, 6) is 0.708. The highest BCUT2D eigenvalue weighted by atomic mass is 16.6. The van der Waals surface area contributed by atoms with Gasteiger partial charge in [-0.3, -0.25) is 4.79 Å². The van der Waals surface area contributed by atoms with Gasteiger partial charge in [0.05, 0.1) is 13.7 Å². The molecule has 0 N–H and O–H groups in total. The van der Waals surface area contributed by atoms with Crippen LogP contribution < -0.4 is 14.2 Å². The Morgan fingerprint density at radius 3 is 2.31 bits per heavy atom.